The molecule has 0 radical (unpaired) electrons. The summed E-state index contributed by atoms with van der Waals surface area (Å²) in [5.74, 6) is -0.743. The largest absolute Gasteiger partial charge is 0.481 e. The Morgan fingerprint density at radius 1 is 1.21 bits per heavy atom. The second-order valence-corrected chi connectivity index (χ2v) is 5.27. The van der Waals surface area contributed by atoms with Crippen LogP contribution in [0.2, 0.25) is 0 Å². The van der Waals surface area contributed by atoms with Gasteiger partial charge in [-0.15, -0.1) is 0 Å². The number of likely N-dealkylation sites (tertiary alicyclic amines) is 1. The number of rotatable bonds is 7. The van der Waals surface area contributed by atoms with Gasteiger partial charge >= 0.3 is 5.97 Å². The molecule has 0 aromatic carbocycles. The Kier molecular flexibility index (Phi) is 6.28. The molecule has 110 valence electrons. The number of aliphatic carboxylic acids is 1. The Morgan fingerprint density at radius 3 is 2.32 bits per heavy atom. The summed E-state index contributed by atoms with van der Waals surface area (Å²) in [6, 6.07) is 0. The molecule has 1 aliphatic rings. The van der Waals surface area contributed by atoms with E-state index in [1.165, 1.54) is 0 Å². The summed E-state index contributed by atoms with van der Waals surface area (Å²) in [5, 5.41) is 9.39. The van der Waals surface area contributed by atoms with E-state index in [0.717, 1.165) is 12.8 Å². The third kappa shape index (κ3) is 4.20. The highest BCUT2D eigenvalue weighted by Crippen LogP contribution is 2.36. The fourth-order valence-electron chi connectivity index (χ4n) is 2.63. The zero-order chi connectivity index (χ0) is 14.3. The van der Waals surface area contributed by atoms with Crippen LogP contribution in [0.4, 0.5) is 0 Å². The number of carbonyl (C=O) groups excluding carboxylic acids is 1. The van der Waals surface area contributed by atoms with Crippen molar-refractivity contribution in [3.8, 4) is 0 Å². The predicted molar refractivity (Wildman–Crippen MR) is 71.9 cm³/mol. The van der Waals surface area contributed by atoms with Crippen molar-refractivity contribution in [3.63, 3.8) is 0 Å². The molecule has 5 nitrogen and oxygen atoms in total. The molecule has 1 rings (SSSR count). The Balaban J connectivity index is 2.46. The molecule has 5 heteroatoms. The van der Waals surface area contributed by atoms with Gasteiger partial charge in [-0.1, -0.05) is 20.3 Å². The number of carboxylic acid groups (broad SMARTS) is 1. The zero-order valence-corrected chi connectivity index (χ0v) is 12.0. The summed E-state index contributed by atoms with van der Waals surface area (Å²) in [5.41, 5.74) is -0.629. The maximum atomic E-state index is 11.9. The van der Waals surface area contributed by atoms with E-state index in [1.807, 2.05) is 13.8 Å². The topological polar surface area (TPSA) is 66.8 Å². The van der Waals surface area contributed by atoms with Crippen LogP contribution in [0.25, 0.3) is 0 Å². The summed E-state index contributed by atoms with van der Waals surface area (Å²) in [6.07, 6.45) is 3.55. The lowest BCUT2D eigenvalue weighted by molar-refractivity contribution is -0.155. The number of carbonyl (C=O) groups is 2. The van der Waals surface area contributed by atoms with Crippen molar-refractivity contribution in [1.29, 1.82) is 0 Å². The molecule has 19 heavy (non-hydrogen) atoms. The normalized spacial score (nSPS) is 18.3. The molecular weight excluding hydrogens is 246 g/mol. The van der Waals surface area contributed by atoms with Gasteiger partial charge in [-0.3, -0.25) is 9.59 Å². The highest BCUT2D eigenvalue weighted by Gasteiger charge is 2.41. The van der Waals surface area contributed by atoms with Gasteiger partial charge in [0.2, 0.25) is 5.91 Å². The van der Waals surface area contributed by atoms with E-state index in [0.29, 0.717) is 39.0 Å². The summed E-state index contributed by atoms with van der Waals surface area (Å²) in [7, 11) is 0. The number of piperidine rings is 1. The van der Waals surface area contributed by atoms with Crippen molar-refractivity contribution in [2.45, 2.75) is 46.0 Å². The SMILES string of the molecule is CCCOCC(=O)N1CCC(CCC)(C(=O)O)CC1. The average Bonchev–Trinajstić information content (AvgIpc) is 2.40. The first kappa shape index (κ1) is 16.0. The van der Waals surface area contributed by atoms with E-state index < -0.39 is 11.4 Å². The molecule has 0 spiro atoms. The minimum Gasteiger partial charge on any atom is -0.481 e. The molecule has 1 aliphatic heterocycles. The van der Waals surface area contributed by atoms with Crippen molar-refractivity contribution in [2.24, 2.45) is 5.41 Å². The lowest BCUT2D eigenvalue weighted by Crippen LogP contribution is -2.47. The number of hydrogen-bond acceptors (Lipinski definition) is 3. The number of nitrogens with zero attached hydrogens (tertiary/aromatic N) is 1. The number of amides is 1. The molecule has 1 amide bonds. The van der Waals surface area contributed by atoms with Crippen LogP contribution in [-0.4, -0.2) is 48.2 Å². The summed E-state index contributed by atoms with van der Waals surface area (Å²) in [4.78, 5) is 25.0. The van der Waals surface area contributed by atoms with E-state index in [1.54, 1.807) is 4.90 Å². The predicted octanol–water partition coefficient (Wildman–Crippen LogP) is 1.91. The molecule has 0 unspecified atom stereocenters. The van der Waals surface area contributed by atoms with Crippen molar-refractivity contribution in [3.05, 3.63) is 0 Å². The summed E-state index contributed by atoms with van der Waals surface area (Å²) < 4.78 is 5.24. The van der Waals surface area contributed by atoms with Crippen LogP contribution in [0.15, 0.2) is 0 Å². The van der Waals surface area contributed by atoms with Crippen LogP contribution in [0.3, 0.4) is 0 Å². The standard InChI is InChI=1S/C14H25NO4/c1-3-5-14(13(17)18)6-8-15(9-7-14)12(16)11-19-10-4-2/h3-11H2,1-2H3,(H,17,18). The van der Waals surface area contributed by atoms with Gasteiger partial charge in [-0.25, -0.2) is 0 Å². The van der Waals surface area contributed by atoms with Crippen LogP contribution in [0, 0.1) is 5.41 Å². The van der Waals surface area contributed by atoms with Crippen LogP contribution >= 0.6 is 0 Å². The molecule has 0 bridgehead atoms. The molecule has 1 heterocycles. The number of ether oxygens (including phenoxy) is 1. The third-order valence-electron chi connectivity index (χ3n) is 3.83. The Bertz CT molecular complexity index is 309. The van der Waals surface area contributed by atoms with E-state index in [-0.39, 0.29) is 12.5 Å². The fraction of sp³-hybridized carbons (Fsp3) is 0.857. The van der Waals surface area contributed by atoms with Crippen molar-refractivity contribution in [1.82, 2.24) is 4.90 Å². The van der Waals surface area contributed by atoms with Crippen LogP contribution in [0.1, 0.15) is 46.0 Å². The summed E-state index contributed by atoms with van der Waals surface area (Å²) in [6.45, 7) is 5.76. The van der Waals surface area contributed by atoms with Crippen LogP contribution in [-0.2, 0) is 14.3 Å². The lowest BCUT2D eigenvalue weighted by Gasteiger charge is -2.38. The molecule has 0 atom stereocenters. The molecule has 1 saturated heterocycles. The Hall–Kier alpha value is -1.10. The van der Waals surface area contributed by atoms with E-state index in [4.69, 9.17) is 4.74 Å². The van der Waals surface area contributed by atoms with Gasteiger partial charge in [0.15, 0.2) is 0 Å². The maximum absolute atomic E-state index is 11.9. The van der Waals surface area contributed by atoms with Crippen molar-refractivity contribution >= 4 is 11.9 Å². The van der Waals surface area contributed by atoms with Gasteiger partial charge in [0, 0.05) is 19.7 Å². The van der Waals surface area contributed by atoms with Crippen LogP contribution in [0.5, 0.6) is 0 Å². The van der Waals surface area contributed by atoms with Crippen LogP contribution < -0.4 is 0 Å². The minimum absolute atomic E-state index is 0.0241. The molecule has 0 aromatic rings. The zero-order valence-electron chi connectivity index (χ0n) is 12.0. The molecule has 1 N–H and O–H groups in total. The summed E-state index contributed by atoms with van der Waals surface area (Å²) >= 11 is 0. The lowest BCUT2D eigenvalue weighted by atomic mass is 9.75. The van der Waals surface area contributed by atoms with Gasteiger partial charge in [-0.2, -0.15) is 0 Å². The number of carboxylic acids is 1. The highest BCUT2D eigenvalue weighted by molar-refractivity contribution is 5.79. The monoisotopic (exact) mass is 271 g/mol. The third-order valence-corrected chi connectivity index (χ3v) is 3.83. The average molecular weight is 271 g/mol. The van der Waals surface area contributed by atoms with Gasteiger partial charge in [-0.05, 0) is 25.7 Å². The second kappa shape index (κ2) is 7.48. The molecule has 0 aliphatic carbocycles. The first-order valence-corrected chi connectivity index (χ1v) is 7.14. The first-order chi connectivity index (χ1) is 9.05. The first-order valence-electron chi connectivity index (χ1n) is 7.14. The Labute approximate surface area is 114 Å². The van der Waals surface area contributed by atoms with Gasteiger partial charge < -0.3 is 14.7 Å². The molecule has 0 saturated carbocycles. The maximum Gasteiger partial charge on any atom is 0.309 e. The number of hydrogen-bond donors (Lipinski definition) is 1. The fourth-order valence-corrected chi connectivity index (χ4v) is 2.63. The molecule has 1 fully saturated rings. The quantitative estimate of drug-likeness (QED) is 0.718. The van der Waals surface area contributed by atoms with Crippen molar-refractivity contribution in [2.75, 3.05) is 26.3 Å². The minimum atomic E-state index is -0.719. The van der Waals surface area contributed by atoms with E-state index in [2.05, 4.69) is 0 Å². The van der Waals surface area contributed by atoms with E-state index in [9.17, 15) is 14.7 Å². The van der Waals surface area contributed by atoms with Crippen molar-refractivity contribution < 1.29 is 19.4 Å². The Morgan fingerprint density at radius 2 is 1.84 bits per heavy atom. The molecular formula is C14H25NO4. The van der Waals surface area contributed by atoms with E-state index >= 15 is 0 Å². The second-order valence-electron chi connectivity index (χ2n) is 5.27. The van der Waals surface area contributed by atoms with Gasteiger partial charge in [0.25, 0.3) is 0 Å². The highest BCUT2D eigenvalue weighted by atomic mass is 16.5. The smallest absolute Gasteiger partial charge is 0.309 e. The molecule has 0 aromatic heterocycles. The van der Waals surface area contributed by atoms with Gasteiger partial charge in [0.05, 0.1) is 5.41 Å². The van der Waals surface area contributed by atoms with Gasteiger partial charge in [0.1, 0.15) is 6.61 Å².